The molecule has 1 aliphatic heterocycles. The smallest absolute Gasteiger partial charge is 0.370 e. The summed E-state index contributed by atoms with van der Waals surface area (Å²) < 4.78 is 41.9. The van der Waals surface area contributed by atoms with Crippen molar-refractivity contribution in [1.29, 1.82) is 0 Å². The topological polar surface area (TPSA) is 81.1 Å². The number of aryl methyl sites for hydroxylation is 1. The second-order valence-electron chi connectivity index (χ2n) is 5.27. The standard InChI is InChI=1S/C13H20F3N5O2/c14-13(15,16)9-23-7-5-17-12(22)18-8-11-20-19-10-4-2-1-3-6-21(10)11/h1-9H2,(H2,17,18,22). The van der Waals surface area contributed by atoms with Crippen molar-refractivity contribution in [2.75, 3.05) is 19.8 Å². The maximum Gasteiger partial charge on any atom is 0.411 e. The molecular weight excluding hydrogens is 315 g/mol. The maximum atomic E-state index is 11.8. The van der Waals surface area contributed by atoms with Crippen LogP contribution in [0.5, 0.6) is 0 Å². The summed E-state index contributed by atoms with van der Waals surface area (Å²) in [5.74, 6) is 1.62. The molecule has 0 radical (unpaired) electrons. The third-order valence-corrected chi connectivity index (χ3v) is 3.39. The average Bonchev–Trinajstić information content (AvgIpc) is 2.71. The van der Waals surface area contributed by atoms with Gasteiger partial charge in [0.15, 0.2) is 5.82 Å². The van der Waals surface area contributed by atoms with E-state index in [4.69, 9.17) is 0 Å². The molecule has 0 unspecified atom stereocenters. The fraction of sp³-hybridized carbons (Fsp3) is 0.769. The highest BCUT2D eigenvalue weighted by Crippen LogP contribution is 2.14. The number of carbonyl (C=O) groups is 1. The second-order valence-corrected chi connectivity index (χ2v) is 5.27. The minimum Gasteiger partial charge on any atom is -0.370 e. The van der Waals surface area contributed by atoms with Gasteiger partial charge < -0.3 is 19.9 Å². The molecule has 0 saturated carbocycles. The highest BCUT2D eigenvalue weighted by atomic mass is 19.4. The number of ether oxygens (including phenoxy) is 1. The monoisotopic (exact) mass is 335 g/mol. The zero-order valence-electron chi connectivity index (χ0n) is 12.7. The van der Waals surface area contributed by atoms with E-state index in [1.165, 1.54) is 0 Å². The fourth-order valence-electron chi connectivity index (χ4n) is 2.32. The van der Waals surface area contributed by atoms with E-state index in [-0.39, 0.29) is 19.7 Å². The quantitative estimate of drug-likeness (QED) is 0.770. The first-order valence-corrected chi connectivity index (χ1v) is 7.53. The molecule has 10 heteroatoms. The molecule has 1 aliphatic rings. The lowest BCUT2D eigenvalue weighted by atomic mass is 10.2. The number of alkyl halides is 3. The lowest BCUT2D eigenvalue weighted by molar-refractivity contribution is -0.173. The Hall–Kier alpha value is -1.84. The summed E-state index contributed by atoms with van der Waals surface area (Å²) in [5.41, 5.74) is 0. The minimum absolute atomic E-state index is 0.000145. The molecule has 2 rings (SSSR count). The van der Waals surface area contributed by atoms with Gasteiger partial charge in [0.1, 0.15) is 12.4 Å². The van der Waals surface area contributed by atoms with Crippen molar-refractivity contribution < 1.29 is 22.7 Å². The molecule has 130 valence electrons. The van der Waals surface area contributed by atoms with Crippen LogP contribution in [0.3, 0.4) is 0 Å². The fourth-order valence-corrected chi connectivity index (χ4v) is 2.32. The summed E-state index contributed by atoms with van der Waals surface area (Å²) in [5, 5.41) is 13.2. The first-order valence-electron chi connectivity index (χ1n) is 7.53. The zero-order valence-corrected chi connectivity index (χ0v) is 12.7. The van der Waals surface area contributed by atoms with Gasteiger partial charge in [-0.05, 0) is 12.8 Å². The average molecular weight is 335 g/mol. The molecule has 0 aliphatic carbocycles. The molecule has 0 atom stereocenters. The molecular formula is C13H20F3N5O2. The molecule has 23 heavy (non-hydrogen) atoms. The van der Waals surface area contributed by atoms with Gasteiger partial charge in [0.05, 0.1) is 13.2 Å². The van der Waals surface area contributed by atoms with Crippen LogP contribution in [0.2, 0.25) is 0 Å². The molecule has 1 aromatic rings. The third kappa shape index (κ3) is 6.05. The number of amides is 2. The molecule has 1 aromatic heterocycles. The van der Waals surface area contributed by atoms with Gasteiger partial charge >= 0.3 is 12.2 Å². The van der Waals surface area contributed by atoms with E-state index in [2.05, 4.69) is 25.6 Å². The summed E-state index contributed by atoms with van der Waals surface area (Å²) in [6, 6.07) is -0.480. The third-order valence-electron chi connectivity index (χ3n) is 3.39. The van der Waals surface area contributed by atoms with E-state index < -0.39 is 18.8 Å². The molecule has 0 fully saturated rings. The minimum atomic E-state index is -4.35. The number of nitrogens with zero attached hydrogens (tertiary/aromatic N) is 3. The van der Waals surface area contributed by atoms with Crippen LogP contribution in [-0.4, -0.2) is 46.7 Å². The van der Waals surface area contributed by atoms with E-state index in [0.29, 0.717) is 5.82 Å². The van der Waals surface area contributed by atoms with Crippen molar-refractivity contribution >= 4 is 6.03 Å². The van der Waals surface area contributed by atoms with E-state index in [9.17, 15) is 18.0 Å². The number of urea groups is 1. The van der Waals surface area contributed by atoms with Crippen LogP contribution in [0.25, 0.3) is 0 Å². The summed E-state index contributed by atoms with van der Waals surface area (Å²) in [7, 11) is 0. The number of hydrogen-bond acceptors (Lipinski definition) is 4. The van der Waals surface area contributed by atoms with Crippen LogP contribution < -0.4 is 10.6 Å². The van der Waals surface area contributed by atoms with Crippen molar-refractivity contribution in [3.05, 3.63) is 11.6 Å². The molecule has 2 heterocycles. The lowest BCUT2D eigenvalue weighted by Gasteiger charge is -2.10. The van der Waals surface area contributed by atoms with E-state index in [1.807, 2.05) is 4.57 Å². The Labute approximate surface area is 131 Å². The Morgan fingerprint density at radius 3 is 2.83 bits per heavy atom. The van der Waals surface area contributed by atoms with Crippen molar-refractivity contribution in [1.82, 2.24) is 25.4 Å². The first kappa shape index (κ1) is 17.5. The Balaban J connectivity index is 1.66. The van der Waals surface area contributed by atoms with Gasteiger partial charge in [-0.3, -0.25) is 0 Å². The van der Waals surface area contributed by atoms with Crippen LogP contribution in [0.1, 0.15) is 30.9 Å². The van der Waals surface area contributed by atoms with Gasteiger partial charge in [0.25, 0.3) is 0 Å². The summed E-state index contributed by atoms with van der Waals surface area (Å²) in [6.07, 6.45) is -0.178. The molecule has 0 saturated heterocycles. The van der Waals surface area contributed by atoms with Crippen LogP contribution in [-0.2, 0) is 24.2 Å². The summed E-state index contributed by atoms with van der Waals surface area (Å²) in [4.78, 5) is 11.6. The van der Waals surface area contributed by atoms with Gasteiger partial charge in [0.2, 0.25) is 0 Å². The van der Waals surface area contributed by atoms with Crippen molar-refractivity contribution in [2.45, 2.75) is 44.9 Å². The van der Waals surface area contributed by atoms with Crippen LogP contribution in [0.15, 0.2) is 0 Å². The highest BCUT2D eigenvalue weighted by molar-refractivity contribution is 5.73. The summed E-state index contributed by atoms with van der Waals surface area (Å²) in [6.45, 7) is -0.455. The molecule has 0 bridgehead atoms. The van der Waals surface area contributed by atoms with E-state index in [0.717, 1.165) is 38.1 Å². The van der Waals surface area contributed by atoms with Crippen molar-refractivity contribution in [3.63, 3.8) is 0 Å². The Morgan fingerprint density at radius 1 is 1.22 bits per heavy atom. The number of fused-ring (bicyclic) bond motifs is 1. The van der Waals surface area contributed by atoms with Crippen molar-refractivity contribution in [3.8, 4) is 0 Å². The zero-order chi connectivity index (χ0) is 16.7. The number of carbonyl (C=O) groups excluding carboxylic acids is 1. The van der Waals surface area contributed by atoms with Gasteiger partial charge in [-0.1, -0.05) is 6.42 Å². The van der Waals surface area contributed by atoms with Crippen LogP contribution in [0.4, 0.5) is 18.0 Å². The molecule has 7 nitrogen and oxygen atoms in total. The Kier molecular flexibility index (Phi) is 6.20. The number of hydrogen-bond donors (Lipinski definition) is 2. The van der Waals surface area contributed by atoms with Gasteiger partial charge in [-0.25, -0.2) is 4.79 Å². The molecule has 0 aromatic carbocycles. The lowest BCUT2D eigenvalue weighted by Crippen LogP contribution is -2.37. The normalized spacial score (nSPS) is 14.9. The number of rotatable bonds is 6. The Morgan fingerprint density at radius 2 is 2.04 bits per heavy atom. The number of nitrogens with one attached hydrogen (secondary N) is 2. The van der Waals surface area contributed by atoms with Gasteiger partial charge in [-0.15, -0.1) is 10.2 Å². The predicted octanol–water partition coefficient (Wildman–Crippen LogP) is 1.38. The van der Waals surface area contributed by atoms with Gasteiger partial charge in [0, 0.05) is 19.5 Å². The van der Waals surface area contributed by atoms with Crippen molar-refractivity contribution in [2.24, 2.45) is 0 Å². The SMILES string of the molecule is O=C(NCCOCC(F)(F)F)NCc1nnc2n1CCCCC2. The first-order chi connectivity index (χ1) is 11.0. The van der Waals surface area contributed by atoms with E-state index >= 15 is 0 Å². The summed E-state index contributed by atoms with van der Waals surface area (Å²) >= 11 is 0. The molecule has 2 N–H and O–H groups in total. The van der Waals surface area contributed by atoms with Gasteiger partial charge in [-0.2, -0.15) is 13.2 Å². The second kappa shape index (κ2) is 8.14. The largest absolute Gasteiger partial charge is 0.411 e. The highest BCUT2D eigenvalue weighted by Gasteiger charge is 2.27. The maximum absolute atomic E-state index is 11.8. The molecule has 0 spiro atoms. The van der Waals surface area contributed by atoms with E-state index in [1.54, 1.807) is 0 Å². The molecule has 2 amide bonds. The predicted molar refractivity (Wildman–Crippen MR) is 74.7 cm³/mol. The van der Waals surface area contributed by atoms with Crippen LogP contribution >= 0.6 is 0 Å². The Bertz CT molecular complexity index is 518. The number of halogens is 3. The number of aromatic nitrogens is 3. The van der Waals surface area contributed by atoms with Crippen LogP contribution in [0, 0.1) is 0 Å².